The summed E-state index contributed by atoms with van der Waals surface area (Å²) in [4.78, 5) is 12.9. The average molecular weight is 443 g/mol. The molecule has 0 aliphatic rings. The molecule has 0 radical (unpaired) electrons. The number of carbonyl (C=O) groups is 1. The molecule has 0 fully saturated rings. The Kier molecular flexibility index (Phi) is 7.02. The van der Waals surface area contributed by atoms with Crippen molar-refractivity contribution in [3.8, 4) is 0 Å². The maximum absolute atomic E-state index is 12.9. The van der Waals surface area contributed by atoms with Gasteiger partial charge in [0.2, 0.25) is 15.9 Å². The van der Waals surface area contributed by atoms with Crippen LogP contribution in [0, 0.1) is 0 Å². The normalized spacial score (nSPS) is 13.1. The van der Waals surface area contributed by atoms with Gasteiger partial charge in [-0.25, -0.2) is 8.42 Å². The van der Waals surface area contributed by atoms with Crippen molar-refractivity contribution in [3.63, 3.8) is 0 Å². The van der Waals surface area contributed by atoms with Gasteiger partial charge in [0.05, 0.1) is 17.0 Å². The van der Waals surface area contributed by atoms with Crippen LogP contribution in [0.2, 0.25) is 10.0 Å². The van der Waals surface area contributed by atoms with Crippen LogP contribution in [-0.4, -0.2) is 32.2 Å². The van der Waals surface area contributed by atoms with Crippen LogP contribution in [0.1, 0.15) is 26.3 Å². The molecule has 0 saturated heterocycles. The minimum atomic E-state index is -3.79. The zero-order chi connectivity index (χ0) is 21.1. The smallest absolute Gasteiger partial charge is 0.244 e. The molecular weight excluding hydrogens is 419 g/mol. The number of nitrogens with zero attached hydrogens (tertiary/aromatic N) is 1. The number of halogens is 2. The second-order valence-corrected chi connectivity index (χ2v) is 10.1. The lowest BCUT2D eigenvalue weighted by atomic mass is 9.94. The molecule has 8 heteroatoms. The van der Waals surface area contributed by atoms with Crippen LogP contribution in [0.25, 0.3) is 0 Å². The van der Waals surface area contributed by atoms with Gasteiger partial charge in [-0.05, 0) is 51.0 Å². The summed E-state index contributed by atoms with van der Waals surface area (Å²) in [6, 6.07) is 13.2. The lowest BCUT2D eigenvalue weighted by Crippen LogP contribution is -2.54. The van der Waals surface area contributed by atoms with Crippen molar-refractivity contribution < 1.29 is 13.2 Å². The zero-order valence-corrected chi connectivity index (χ0v) is 18.6. The van der Waals surface area contributed by atoms with Crippen LogP contribution in [0.15, 0.2) is 48.5 Å². The monoisotopic (exact) mass is 442 g/mol. The van der Waals surface area contributed by atoms with E-state index >= 15 is 0 Å². The number of nitrogens with one attached hydrogen (secondary N) is 1. The minimum Gasteiger partial charge on any atom is -0.349 e. The van der Waals surface area contributed by atoms with E-state index in [4.69, 9.17) is 23.2 Å². The Balaban J connectivity index is 2.28. The van der Waals surface area contributed by atoms with Crippen molar-refractivity contribution in [1.82, 2.24) is 5.32 Å². The number of hydrogen-bond acceptors (Lipinski definition) is 3. The van der Waals surface area contributed by atoms with E-state index in [-0.39, 0.29) is 10.7 Å². The molecule has 0 bridgehead atoms. The van der Waals surface area contributed by atoms with Gasteiger partial charge in [0, 0.05) is 10.6 Å². The van der Waals surface area contributed by atoms with Gasteiger partial charge in [0.15, 0.2) is 0 Å². The zero-order valence-electron chi connectivity index (χ0n) is 16.2. The summed E-state index contributed by atoms with van der Waals surface area (Å²) < 4.78 is 25.9. The van der Waals surface area contributed by atoms with Gasteiger partial charge in [-0.15, -0.1) is 0 Å². The molecule has 0 aromatic heterocycles. The Bertz CT molecular complexity index is 947. The first-order chi connectivity index (χ1) is 12.9. The van der Waals surface area contributed by atoms with Gasteiger partial charge >= 0.3 is 0 Å². The maximum Gasteiger partial charge on any atom is 0.244 e. The first-order valence-corrected chi connectivity index (χ1v) is 11.3. The fraction of sp³-hybridized carbons (Fsp3) is 0.350. The second-order valence-electron chi connectivity index (χ2n) is 7.37. The SMILES string of the molecule is CC(C(=O)NC(C)(C)Cc1ccccc1)N(c1cc(Cl)ccc1Cl)S(C)(=O)=O. The van der Waals surface area contributed by atoms with E-state index in [1.54, 1.807) is 6.07 Å². The third-order valence-corrected chi connectivity index (χ3v) is 5.97. The Labute approximate surface area is 176 Å². The molecule has 2 rings (SSSR count). The van der Waals surface area contributed by atoms with Crippen molar-refractivity contribution in [2.75, 3.05) is 10.6 Å². The molecule has 1 amide bonds. The van der Waals surface area contributed by atoms with Crippen LogP contribution in [-0.2, 0) is 21.2 Å². The fourth-order valence-corrected chi connectivity index (χ4v) is 4.63. The van der Waals surface area contributed by atoms with E-state index in [1.165, 1.54) is 19.1 Å². The van der Waals surface area contributed by atoms with Crippen LogP contribution in [0.5, 0.6) is 0 Å². The van der Waals surface area contributed by atoms with Crippen molar-refractivity contribution in [2.45, 2.75) is 38.8 Å². The summed E-state index contributed by atoms with van der Waals surface area (Å²) in [5, 5.41) is 3.46. The summed E-state index contributed by atoms with van der Waals surface area (Å²) in [7, 11) is -3.79. The van der Waals surface area contributed by atoms with Gasteiger partial charge in [0.1, 0.15) is 6.04 Å². The Morgan fingerprint density at radius 1 is 1.14 bits per heavy atom. The molecule has 0 spiro atoms. The average Bonchev–Trinajstić information content (AvgIpc) is 2.57. The molecule has 0 aliphatic heterocycles. The number of sulfonamides is 1. The second kappa shape index (κ2) is 8.72. The van der Waals surface area contributed by atoms with Gasteiger partial charge in [-0.1, -0.05) is 53.5 Å². The molecule has 2 aromatic rings. The largest absolute Gasteiger partial charge is 0.349 e. The van der Waals surface area contributed by atoms with Crippen molar-refractivity contribution >= 4 is 44.8 Å². The summed E-state index contributed by atoms with van der Waals surface area (Å²) in [6.45, 7) is 5.30. The Hall–Kier alpha value is -1.76. The molecule has 2 aromatic carbocycles. The van der Waals surface area contributed by atoms with Crippen molar-refractivity contribution in [2.24, 2.45) is 0 Å². The van der Waals surface area contributed by atoms with E-state index in [1.807, 2.05) is 44.2 Å². The maximum atomic E-state index is 12.9. The summed E-state index contributed by atoms with van der Waals surface area (Å²) in [6.07, 6.45) is 1.63. The molecule has 1 atom stereocenters. The van der Waals surface area contributed by atoms with E-state index in [0.717, 1.165) is 16.1 Å². The highest BCUT2D eigenvalue weighted by molar-refractivity contribution is 7.92. The number of amides is 1. The number of benzene rings is 2. The summed E-state index contributed by atoms with van der Waals surface area (Å²) in [5.41, 5.74) is 0.659. The molecule has 1 unspecified atom stereocenters. The van der Waals surface area contributed by atoms with Crippen LogP contribution in [0.4, 0.5) is 5.69 Å². The first-order valence-electron chi connectivity index (χ1n) is 8.71. The standard InChI is InChI=1S/C20H24Cl2N2O3S/c1-14(19(25)23-20(2,3)13-15-8-6-5-7-9-15)24(28(4,26)27)18-12-16(21)10-11-17(18)22/h5-12,14H,13H2,1-4H3,(H,23,25). The molecule has 152 valence electrons. The van der Waals surface area contributed by atoms with Crippen LogP contribution < -0.4 is 9.62 Å². The first kappa shape index (κ1) is 22.5. The van der Waals surface area contributed by atoms with Gasteiger partial charge in [-0.2, -0.15) is 0 Å². The van der Waals surface area contributed by atoms with Gasteiger partial charge < -0.3 is 5.32 Å². The van der Waals surface area contributed by atoms with Gasteiger partial charge in [-0.3, -0.25) is 9.10 Å². The Morgan fingerprint density at radius 2 is 1.75 bits per heavy atom. The third kappa shape index (κ3) is 5.87. The third-order valence-electron chi connectivity index (χ3n) is 4.18. The molecule has 28 heavy (non-hydrogen) atoms. The highest BCUT2D eigenvalue weighted by Crippen LogP contribution is 2.32. The molecule has 0 aliphatic carbocycles. The highest BCUT2D eigenvalue weighted by atomic mass is 35.5. The number of hydrogen-bond donors (Lipinski definition) is 1. The molecule has 0 saturated carbocycles. The Morgan fingerprint density at radius 3 is 2.32 bits per heavy atom. The topological polar surface area (TPSA) is 66.5 Å². The molecule has 0 heterocycles. The molecular formula is C20H24Cl2N2O3S. The predicted molar refractivity (Wildman–Crippen MR) is 116 cm³/mol. The predicted octanol–water partition coefficient (Wildman–Crippen LogP) is 4.29. The molecule has 5 nitrogen and oxygen atoms in total. The highest BCUT2D eigenvalue weighted by Gasteiger charge is 2.33. The van der Waals surface area contributed by atoms with Crippen molar-refractivity contribution in [3.05, 3.63) is 64.1 Å². The lowest BCUT2D eigenvalue weighted by Gasteiger charge is -2.33. The van der Waals surface area contributed by atoms with Crippen molar-refractivity contribution in [1.29, 1.82) is 0 Å². The number of carbonyl (C=O) groups excluding carboxylic acids is 1. The van der Waals surface area contributed by atoms with E-state index < -0.39 is 27.5 Å². The van der Waals surface area contributed by atoms with E-state index in [9.17, 15) is 13.2 Å². The van der Waals surface area contributed by atoms with Crippen LogP contribution in [0.3, 0.4) is 0 Å². The number of anilines is 1. The summed E-state index contributed by atoms with van der Waals surface area (Å²) in [5.74, 6) is -0.428. The molecule has 1 N–H and O–H groups in total. The number of rotatable bonds is 7. The minimum absolute atomic E-state index is 0.167. The van der Waals surface area contributed by atoms with Crippen LogP contribution >= 0.6 is 23.2 Å². The quantitative estimate of drug-likeness (QED) is 0.695. The lowest BCUT2D eigenvalue weighted by molar-refractivity contribution is -0.123. The van der Waals surface area contributed by atoms with E-state index in [0.29, 0.717) is 11.4 Å². The van der Waals surface area contributed by atoms with E-state index in [2.05, 4.69) is 5.32 Å². The van der Waals surface area contributed by atoms with Gasteiger partial charge in [0.25, 0.3) is 0 Å². The fourth-order valence-electron chi connectivity index (χ4n) is 3.02. The summed E-state index contributed by atoms with van der Waals surface area (Å²) >= 11 is 12.2.